The van der Waals surface area contributed by atoms with Gasteiger partial charge < -0.3 is 15.7 Å². The van der Waals surface area contributed by atoms with E-state index in [2.05, 4.69) is 15.6 Å². The number of aromatic nitrogens is 1. The molecule has 2 amide bonds. The maximum atomic E-state index is 11.3. The van der Waals surface area contributed by atoms with Crippen molar-refractivity contribution < 1.29 is 14.7 Å². The topological polar surface area (TPSA) is 91.3 Å². The van der Waals surface area contributed by atoms with Crippen LogP contribution >= 0.6 is 11.3 Å². The van der Waals surface area contributed by atoms with Gasteiger partial charge in [0.15, 0.2) is 0 Å². The number of carbonyl (C=O) groups is 2. The highest BCUT2D eigenvalue weighted by molar-refractivity contribution is 7.07. The van der Waals surface area contributed by atoms with Crippen LogP contribution in [0.1, 0.15) is 19.0 Å². The molecule has 1 rings (SSSR count). The van der Waals surface area contributed by atoms with Gasteiger partial charge in [-0.25, -0.2) is 14.6 Å². The van der Waals surface area contributed by atoms with Crippen LogP contribution in [0.15, 0.2) is 10.9 Å². The molecule has 0 spiro atoms. The normalized spacial score (nSPS) is 11.8. The molecule has 1 atom stereocenters. The van der Waals surface area contributed by atoms with E-state index >= 15 is 0 Å². The number of thiazole rings is 1. The Labute approximate surface area is 103 Å². The third-order valence-electron chi connectivity index (χ3n) is 2.16. The summed E-state index contributed by atoms with van der Waals surface area (Å²) in [6.45, 7) is 2.14. The number of rotatable bonds is 6. The summed E-state index contributed by atoms with van der Waals surface area (Å²) in [7, 11) is 0. The second kappa shape index (κ2) is 6.85. The van der Waals surface area contributed by atoms with Crippen molar-refractivity contribution in [1.29, 1.82) is 0 Å². The van der Waals surface area contributed by atoms with Crippen molar-refractivity contribution in [3.05, 3.63) is 16.6 Å². The fourth-order valence-corrected chi connectivity index (χ4v) is 1.81. The summed E-state index contributed by atoms with van der Waals surface area (Å²) in [6, 6.07) is -1.30. The molecule has 0 aromatic carbocycles. The Morgan fingerprint density at radius 2 is 2.35 bits per heavy atom. The van der Waals surface area contributed by atoms with Crippen LogP contribution in [0.4, 0.5) is 4.79 Å². The van der Waals surface area contributed by atoms with Crippen molar-refractivity contribution in [3.63, 3.8) is 0 Å². The minimum absolute atomic E-state index is 0.356. The molecule has 1 heterocycles. The quantitative estimate of drug-likeness (QED) is 0.704. The van der Waals surface area contributed by atoms with Crippen LogP contribution in [0.25, 0.3) is 0 Å². The van der Waals surface area contributed by atoms with Gasteiger partial charge in [0.2, 0.25) is 0 Å². The van der Waals surface area contributed by atoms with Crippen LogP contribution in [0.2, 0.25) is 0 Å². The van der Waals surface area contributed by atoms with Crippen molar-refractivity contribution in [2.75, 3.05) is 6.54 Å². The number of carboxylic acids is 1. The SMILES string of the molecule is CC[C@@H](NC(=O)NCCc1cscn1)C(=O)O. The summed E-state index contributed by atoms with van der Waals surface area (Å²) in [5.74, 6) is -1.03. The Morgan fingerprint density at radius 3 is 2.88 bits per heavy atom. The average molecular weight is 257 g/mol. The van der Waals surface area contributed by atoms with Gasteiger partial charge >= 0.3 is 12.0 Å². The lowest BCUT2D eigenvalue weighted by molar-refractivity contribution is -0.139. The Balaban J connectivity index is 2.23. The highest BCUT2D eigenvalue weighted by atomic mass is 32.1. The molecule has 6 nitrogen and oxygen atoms in total. The van der Waals surface area contributed by atoms with Gasteiger partial charge in [0.1, 0.15) is 6.04 Å². The van der Waals surface area contributed by atoms with Gasteiger partial charge in [-0.2, -0.15) is 0 Å². The van der Waals surface area contributed by atoms with E-state index in [-0.39, 0.29) is 0 Å². The molecule has 3 N–H and O–H groups in total. The van der Waals surface area contributed by atoms with E-state index in [9.17, 15) is 9.59 Å². The first kappa shape index (κ1) is 13.4. The molecular weight excluding hydrogens is 242 g/mol. The lowest BCUT2D eigenvalue weighted by Gasteiger charge is -2.12. The second-order valence-corrected chi connectivity index (χ2v) is 4.15. The van der Waals surface area contributed by atoms with E-state index in [1.54, 1.807) is 12.4 Å². The van der Waals surface area contributed by atoms with Gasteiger partial charge in [-0.1, -0.05) is 6.92 Å². The number of amides is 2. The zero-order chi connectivity index (χ0) is 12.7. The number of carboxylic acid groups (broad SMARTS) is 1. The molecule has 0 bridgehead atoms. The summed E-state index contributed by atoms with van der Waals surface area (Å²) in [5, 5.41) is 15.6. The first-order valence-corrected chi connectivity index (χ1v) is 6.22. The van der Waals surface area contributed by atoms with E-state index in [0.29, 0.717) is 19.4 Å². The van der Waals surface area contributed by atoms with Crippen LogP contribution in [0, 0.1) is 0 Å². The number of carbonyl (C=O) groups excluding carboxylic acids is 1. The van der Waals surface area contributed by atoms with Crippen molar-refractivity contribution in [1.82, 2.24) is 15.6 Å². The summed E-state index contributed by atoms with van der Waals surface area (Å²) in [4.78, 5) is 26.1. The molecule has 94 valence electrons. The van der Waals surface area contributed by atoms with Gasteiger partial charge in [-0.05, 0) is 6.42 Å². The first-order valence-electron chi connectivity index (χ1n) is 5.27. The van der Waals surface area contributed by atoms with Gasteiger partial charge in [-0.15, -0.1) is 11.3 Å². The predicted octanol–water partition coefficient (Wildman–Crippen LogP) is 0.848. The van der Waals surface area contributed by atoms with E-state index in [0.717, 1.165) is 5.69 Å². The second-order valence-electron chi connectivity index (χ2n) is 3.43. The lowest BCUT2D eigenvalue weighted by atomic mass is 10.2. The highest BCUT2D eigenvalue weighted by Gasteiger charge is 2.16. The highest BCUT2D eigenvalue weighted by Crippen LogP contribution is 2.00. The fourth-order valence-electron chi connectivity index (χ4n) is 1.21. The molecule has 0 fully saturated rings. The van der Waals surface area contributed by atoms with Gasteiger partial charge in [-0.3, -0.25) is 0 Å². The predicted molar refractivity (Wildman–Crippen MR) is 64.1 cm³/mol. The first-order chi connectivity index (χ1) is 8.13. The third kappa shape index (κ3) is 4.81. The van der Waals surface area contributed by atoms with Crippen molar-refractivity contribution in [3.8, 4) is 0 Å². The number of aliphatic carboxylic acids is 1. The average Bonchev–Trinajstić information content (AvgIpc) is 2.78. The van der Waals surface area contributed by atoms with Gasteiger partial charge in [0.05, 0.1) is 11.2 Å². The Morgan fingerprint density at radius 1 is 1.59 bits per heavy atom. The molecule has 0 unspecified atom stereocenters. The maximum Gasteiger partial charge on any atom is 0.326 e. The van der Waals surface area contributed by atoms with Crippen molar-refractivity contribution >= 4 is 23.3 Å². The van der Waals surface area contributed by atoms with E-state index < -0.39 is 18.0 Å². The van der Waals surface area contributed by atoms with Crippen LogP contribution in [-0.2, 0) is 11.2 Å². The molecule has 0 saturated carbocycles. The molecule has 0 aliphatic carbocycles. The zero-order valence-corrected chi connectivity index (χ0v) is 10.3. The molecule has 0 saturated heterocycles. The number of nitrogens with zero attached hydrogens (tertiary/aromatic N) is 1. The minimum atomic E-state index is -1.03. The molecule has 0 aliphatic heterocycles. The van der Waals surface area contributed by atoms with Gasteiger partial charge in [0.25, 0.3) is 0 Å². The summed E-state index contributed by atoms with van der Waals surface area (Å²) >= 11 is 1.50. The Kier molecular flexibility index (Phi) is 5.41. The molecule has 17 heavy (non-hydrogen) atoms. The molecule has 0 radical (unpaired) electrons. The molecule has 0 aliphatic rings. The summed E-state index contributed by atoms with van der Waals surface area (Å²) < 4.78 is 0. The lowest BCUT2D eigenvalue weighted by Crippen LogP contribution is -2.46. The van der Waals surface area contributed by atoms with E-state index in [1.165, 1.54) is 11.3 Å². The van der Waals surface area contributed by atoms with Gasteiger partial charge in [0, 0.05) is 18.3 Å². The summed E-state index contributed by atoms with van der Waals surface area (Å²) in [6.07, 6.45) is 0.996. The van der Waals surface area contributed by atoms with Crippen molar-refractivity contribution in [2.24, 2.45) is 0 Å². The standard InChI is InChI=1S/C10H15N3O3S/c1-2-8(9(14)15)13-10(16)11-4-3-7-5-17-6-12-7/h5-6,8H,2-4H2,1H3,(H,14,15)(H2,11,13,16)/t8-/m1/s1. The van der Waals surface area contributed by atoms with Crippen LogP contribution in [0.5, 0.6) is 0 Å². The largest absolute Gasteiger partial charge is 0.480 e. The Hall–Kier alpha value is -1.63. The van der Waals surface area contributed by atoms with E-state index in [1.807, 2.05) is 5.38 Å². The smallest absolute Gasteiger partial charge is 0.326 e. The molecular formula is C10H15N3O3S. The molecule has 1 aromatic heterocycles. The number of hydrogen-bond donors (Lipinski definition) is 3. The van der Waals surface area contributed by atoms with Crippen LogP contribution in [0.3, 0.4) is 0 Å². The Bertz CT molecular complexity index is 367. The van der Waals surface area contributed by atoms with Crippen molar-refractivity contribution in [2.45, 2.75) is 25.8 Å². The number of hydrogen-bond acceptors (Lipinski definition) is 4. The molecule has 1 aromatic rings. The van der Waals surface area contributed by atoms with E-state index in [4.69, 9.17) is 5.11 Å². The minimum Gasteiger partial charge on any atom is -0.480 e. The van der Waals surface area contributed by atoms with Crippen LogP contribution < -0.4 is 10.6 Å². The van der Waals surface area contributed by atoms with Crippen LogP contribution in [-0.4, -0.2) is 34.7 Å². The number of nitrogens with one attached hydrogen (secondary N) is 2. The maximum absolute atomic E-state index is 11.3. The summed E-state index contributed by atoms with van der Waals surface area (Å²) in [5.41, 5.74) is 2.65. The monoisotopic (exact) mass is 257 g/mol. The zero-order valence-electron chi connectivity index (χ0n) is 9.47. The molecule has 7 heteroatoms. The fraction of sp³-hybridized carbons (Fsp3) is 0.500. The third-order valence-corrected chi connectivity index (χ3v) is 2.80. The number of urea groups is 1.